The Labute approximate surface area is 318 Å². The van der Waals surface area contributed by atoms with E-state index in [1.165, 1.54) is 41.9 Å². The summed E-state index contributed by atoms with van der Waals surface area (Å²) in [6, 6.07) is 10.8. The molecule has 0 fully saturated rings. The van der Waals surface area contributed by atoms with Gasteiger partial charge in [0.25, 0.3) is 5.91 Å². The van der Waals surface area contributed by atoms with Gasteiger partial charge in [0.1, 0.15) is 12.0 Å². The van der Waals surface area contributed by atoms with E-state index in [9.17, 15) is 57.5 Å². The standard InChI is InChI=1S/C27H18F3N7O.3C2HF3O2/c1-15-22(16-2-3-21-23-12-32-13-34-25(23)36-24(21)8-16)10-19(11-33-15)35-26(38)17-6-18(27(28,29)30)9-20(7-17)37-5-4-31-14-37;3*3-2(4,5)1(6)7/h2-14H,1H3,(H,35,38)(H,32,34,36);3*(H,6,7). The van der Waals surface area contributed by atoms with Crippen LogP contribution in [0.25, 0.3) is 38.8 Å². The number of halogens is 12. The SMILES string of the molecule is Cc1ncc(NC(=O)c2cc(-n3ccnc3)cc(C(F)(F)F)c2)cc1-c1ccc2c(c1)[nH]c1ncncc12.O=C(O)C(F)(F)F.O=C(O)C(F)(F)F.O=C(O)C(F)(F)F. The highest BCUT2D eigenvalue weighted by atomic mass is 19.4. The molecular formula is C33H21F12N7O7. The molecule has 0 aliphatic heterocycles. The number of aliphatic carboxylic acids is 3. The smallest absolute Gasteiger partial charge is 0.475 e. The van der Waals surface area contributed by atoms with Crippen molar-refractivity contribution in [2.45, 2.75) is 31.6 Å². The van der Waals surface area contributed by atoms with Gasteiger partial charge in [-0.25, -0.2) is 29.3 Å². The van der Waals surface area contributed by atoms with Crippen molar-refractivity contribution in [3.05, 3.63) is 96.7 Å². The molecule has 4 heterocycles. The number of imidazole rings is 1. The van der Waals surface area contributed by atoms with Gasteiger partial charge in [-0.15, -0.1) is 0 Å². The number of aromatic amines is 1. The molecule has 0 saturated carbocycles. The molecule has 14 nitrogen and oxygen atoms in total. The van der Waals surface area contributed by atoms with Gasteiger partial charge in [-0.3, -0.25) is 9.78 Å². The monoisotopic (exact) mass is 855 g/mol. The first-order valence-electron chi connectivity index (χ1n) is 15.2. The predicted molar refractivity (Wildman–Crippen MR) is 177 cm³/mol. The molecule has 2 aromatic carbocycles. The van der Waals surface area contributed by atoms with Crippen LogP contribution in [0.15, 0.2) is 79.9 Å². The van der Waals surface area contributed by atoms with Crippen LogP contribution in [-0.4, -0.2) is 87.2 Å². The summed E-state index contributed by atoms with van der Waals surface area (Å²) in [7, 11) is 0. The minimum absolute atomic E-state index is 0.147. The molecule has 0 bridgehead atoms. The van der Waals surface area contributed by atoms with Gasteiger partial charge in [0.2, 0.25) is 0 Å². The highest BCUT2D eigenvalue weighted by molar-refractivity contribution is 6.07. The van der Waals surface area contributed by atoms with Crippen molar-refractivity contribution >= 4 is 51.4 Å². The molecule has 0 aliphatic rings. The fourth-order valence-corrected chi connectivity index (χ4v) is 4.37. The van der Waals surface area contributed by atoms with E-state index in [0.29, 0.717) is 5.69 Å². The van der Waals surface area contributed by atoms with Crippen LogP contribution in [0, 0.1) is 6.92 Å². The number of nitrogens with zero attached hydrogens (tertiary/aromatic N) is 5. The summed E-state index contributed by atoms with van der Waals surface area (Å²) in [6.07, 6.45) is -10.9. The molecule has 1 amide bonds. The van der Waals surface area contributed by atoms with Gasteiger partial charge >= 0.3 is 42.6 Å². The first-order chi connectivity index (χ1) is 27.1. The number of carboxylic acid groups (broad SMARTS) is 3. The average Bonchev–Trinajstić information content (AvgIpc) is 3.80. The summed E-state index contributed by atoms with van der Waals surface area (Å²) in [4.78, 5) is 59.6. The Balaban J connectivity index is 0.000000365. The quantitative estimate of drug-likeness (QED) is 0.108. The summed E-state index contributed by atoms with van der Waals surface area (Å²) in [5.74, 6) is -8.97. The van der Waals surface area contributed by atoms with Gasteiger partial charge in [0.05, 0.1) is 23.8 Å². The number of carbonyl (C=O) groups excluding carboxylic acids is 1. The maximum Gasteiger partial charge on any atom is 0.490 e. The average molecular weight is 856 g/mol. The van der Waals surface area contributed by atoms with Gasteiger partial charge in [-0.1, -0.05) is 12.1 Å². The van der Waals surface area contributed by atoms with E-state index in [0.717, 1.165) is 50.9 Å². The zero-order valence-electron chi connectivity index (χ0n) is 28.8. The van der Waals surface area contributed by atoms with Gasteiger partial charge < -0.3 is 30.2 Å². The summed E-state index contributed by atoms with van der Waals surface area (Å²) in [6.45, 7) is 1.84. The molecule has 6 aromatic rings. The van der Waals surface area contributed by atoms with Gasteiger partial charge in [-0.05, 0) is 42.8 Å². The Bertz CT molecular complexity index is 2400. The Hall–Kier alpha value is -7.28. The first-order valence-corrected chi connectivity index (χ1v) is 15.2. The lowest BCUT2D eigenvalue weighted by Crippen LogP contribution is -2.21. The number of carbonyl (C=O) groups is 4. The second-order valence-electron chi connectivity index (χ2n) is 11.1. The van der Waals surface area contributed by atoms with Gasteiger partial charge in [0, 0.05) is 57.4 Å². The summed E-state index contributed by atoms with van der Waals surface area (Å²) >= 11 is 0. The Morgan fingerprint density at radius 2 is 1.29 bits per heavy atom. The molecule has 0 unspecified atom stereocenters. The molecule has 59 heavy (non-hydrogen) atoms. The number of benzene rings is 2. The number of aryl methyl sites for hydroxylation is 1. The van der Waals surface area contributed by atoms with E-state index in [4.69, 9.17) is 29.7 Å². The summed E-state index contributed by atoms with van der Waals surface area (Å²) in [5.41, 5.74) is 3.35. The molecule has 0 saturated heterocycles. The largest absolute Gasteiger partial charge is 0.490 e. The molecular weight excluding hydrogens is 834 g/mol. The molecule has 314 valence electrons. The first kappa shape index (κ1) is 46.1. The number of aromatic nitrogens is 6. The minimum Gasteiger partial charge on any atom is -0.475 e. The van der Waals surface area contributed by atoms with Crippen molar-refractivity contribution in [3.8, 4) is 16.8 Å². The number of carboxylic acids is 3. The minimum atomic E-state index is -5.08. The van der Waals surface area contributed by atoms with Crippen LogP contribution < -0.4 is 5.32 Å². The zero-order chi connectivity index (χ0) is 44.7. The van der Waals surface area contributed by atoms with E-state index >= 15 is 0 Å². The number of fused-ring (bicyclic) bond motifs is 3. The zero-order valence-corrected chi connectivity index (χ0v) is 28.8. The third-order valence-corrected chi connectivity index (χ3v) is 6.97. The molecule has 0 spiro atoms. The number of pyridine rings is 1. The fraction of sp³-hybridized carbons (Fsp3) is 0.152. The summed E-state index contributed by atoms with van der Waals surface area (Å²) in [5, 5.41) is 25.9. The van der Waals surface area contributed by atoms with Crippen molar-refractivity contribution in [1.29, 1.82) is 0 Å². The second kappa shape index (κ2) is 17.9. The van der Waals surface area contributed by atoms with Crippen LogP contribution in [0.5, 0.6) is 0 Å². The number of H-pyrrole nitrogens is 1. The maximum absolute atomic E-state index is 13.6. The molecule has 26 heteroatoms. The van der Waals surface area contributed by atoms with E-state index in [-0.39, 0.29) is 11.3 Å². The lowest BCUT2D eigenvalue weighted by molar-refractivity contribution is -0.193. The lowest BCUT2D eigenvalue weighted by Gasteiger charge is -2.14. The lowest BCUT2D eigenvalue weighted by atomic mass is 10.0. The van der Waals surface area contributed by atoms with Crippen LogP contribution in [0.3, 0.4) is 0 Å². The van der Waals surface area contributed by atoms with Crippen molar-refractivity contribution in [1.82, 2.24) is 29.5 Å². The van der Waals surface area contributed by atoms with Crippen LogP contribution in [0.1, 0.15) is 21.6 Å². The molecule has 0 radical (unpaired) electrons. The number of hydrogen-bond donors (Lipinski definition) is 5. The Kier molecular flexibility index (Phi) is 14.0. The molecule has 4 aromatic heterocycles. The van der Waals surface area contributed by atoms with E-state index in [2.05, 4.69) is 30.2 Å². The number of rotatable bonds is 4. The molecule has 0 atom stereocenters. The van der Waals surface area contributed by atoms with Crippen molar-refractivity contribution in [2.24, 2.45) is 0 Å². The van der Waals surface area contributed by atoms with E-state index in [1.54, 1.807) is 12.3 Å². The number of alkyl halides is 12. The molecule has 5 N–H and O–H groups in total. The Morgan fingerprint density at radius 1 is 0.712 bits per heavy atom. The van der Waals surface area contributed by atoms with Crippen molar-refractivity contribution in [3.63, 3.8) is 0 Å². The molecule has 0 aliphatic carbocycles. The number of hydrogen-bond acceptors (Lipinski definition) is 8. The topological polar surface area (TPSA) is 213 Å². The predicted octanol–water partition coefficient (Wildman–Crippen LogP) is 7.84. The maximum atomic E-state index is 13.6. The fourth-order valence-electron chi connectivity index (χ4n) is 4.37. The normalized spacial score (nSPS) is 11.6. The third kappa shape index (κ3) is 12.9. The van der Waals surface area contributed by atoms with Crippen LogP contribution in [0.2, 0.25) is 0 Å². The number of amides is 1. The van der Waals surface area contributed by atoms with Crippen molar-refractivity contribution < 1.29 is 87.2 Å². The van der Waals surface area contributed by atoms with E-state index < -0.39 is 54.1 Å². The van der Waals surface area contributed by atoms with Gasteiger partial charge in [-0.2, -0.15) is 52.7 Å². The molecule has 6 rings (SSSR count). The third-order valence-electron chi connectivity index (χ3n) is 6.97. The Morgan fingerprint density at radius 3 is 1.80 bits per heavy atom. The van der Waals surface area contributed by atoms with Crippen LogP contribution in [0.4, 0.5) is 58.4 Å². The second-order valence-corrected chi connectivity index (χ2v) is 11.1. The highest BCUT2D eigenvalue weighted by Gasteiger charge is 2.39. The van der Waals surface area contributed by atoms with Crippen molar-refractivity contribution in [2.75, 3.05) is 5.32 Å². The highest BCUT2D eigenvalue weighted by Crippen LogP contribution is 2.33. The van der Waals surface area contributed by atoms with Crippen LogP contribution >= 0.6 is 0 Å². The number of anilines is 1. The van der Waals surface area contributed by atoms with Crippen LogP contribution in [-0.2, 0) is 20.6 Å². The summed E-state index contributed by atoms with van der Waals surface area (Å²) < 4.78 is 137. The van der Waals surface area contributed by atoms with E-state index in [1.807, 2.05) is 25.1 Å². The van der Waals surface area contributed by atoms with Gasteiger partial charge in [0.15, 0.2) is 0 Å². The number of nitrogens with one attached hydrogen (secondary N) is 2.